The Kier molecular flexibility index (Phi) is 3.73. The predicted octanol–water partition coefficient (Wildman–Crippen LogP) is 4.99. The maximum Gasteiger partial charge on any atom is 0.181 e. The van der Waals surface area contributed by atoms with Crippen molar-refractivity contribution in [2.45, 2.75) is 20.8 Å². The van der Waals surface area contributed by atoms with Crippen LogP contribution in [0.4, 0.5) is 5.82 Å². The Morgan fingerprint density at radius 1 is 1.17 bits per heavy atom. The first-order valence-electron chi connectivity index (χ1n) is 8.20. The average molecular weight is 336 g/mol. The number of imidazole rings is 1. The van der Waals surface area contributed by atoms with Crippen molar-refractivity contribution in [2.24, 2.45) is 5.92 Å². The zero-order valence-corrected chi connectivity index (χ0v) is 14.9. The minimum Gasteiger partial charge on any atom is -0.367 e. The fourth-order valence-corrected chi connectivity index (χ4v) is 3.71. The van der Waals surface area contributed by atoms with Gasteiger partial charge in [0.25, 0.3) is 0 Å². The number of rotatable bonds is 4. The van der Waals surface area contributed by atoms with E-state index in [1.165, 1.54) is 9.75 Å². The van der Waals surface area contributed by atoms with Crippen LogP contribution in [0.2, 0.25) is 0 Å². The van der Waals surface area contributed by atoms with Crippen LogP contribution in [0.15, 0.2) is 42.6 Å². The summed E-state index contributed by atoms with van der Waals surface area (Å²) in [6.45, 7) is 7.39. The molecule has 0 atom stereocenters. The Labute approximate surface area is 145 Å². The highest BCUT2D eigenvalue weighted by Crippen LogP contribution is 2.32. The van der Waals surface area contributed by atoms with Gasteiger partial charge >= 0.3 is 0 Å². The lowest BCUT2D eigenvalue weighted by molar-refractivity contribution is 0.687. The second-order valence-electron chi connectivity index (χ2n) is 6.44. The van der Waals surface area contributed by atoms with Crippen LogP contribution in [-0.4, -0.2) is 20.9 Å². The highest BCUT2D eigenvalue weighted by atomic mass is 32.1. The predicted molar refractivity (Wildman–Crippen MR) is 102 cm³/mol. The average Bonchev–Trinajstić information content (AvgIpc) is 3.18. The van der Waals surface area contributed by atoms with Crippen molar-refractivity contribution in [1.29, 1.82) is 0 Å². The quantitative estimate of drug-likeness (QED) is 0.571. The van der Waals surface area contributed by atoms with Gasteiger partial charge in [-0.1, -0.05) is 26.0 Å². The van der Waals surface area contributed by atoms with Crippen molar-refractivity contribution in [3.05, 3.63) is 47.5 Å². The molecule has 3 heterocycles. The zero-order valence-electron chi connectivity index (χ0n) is 14.1. The molecular weight excluding hydrogens is 316 g/mol. The van der Waals surface area contributed by atoms with Gasteiger partial charge in [0.2, 0.25) is 0 Å². The van der Waals surface area contributed by atoms with Gasteiger partial charge in [-0.25, -0.2) is 9.97 Å². The fraction of sp³-hybridized carbons (Fsp3) is 0.263. The molecule has 0 radical (unpaired) electrons. The number of thiophene rings is 1. The molecule has 122 valence electrons. The fourth-order valence-electron chi connectivity index (χ4n) is 2.85. The van der Waals surface area contributed by atoms with E-state index in [1.54, 1.807) is 11.3 Å². The van der Waals surface area contributed by atoms with Crippen LogP contribution in [0.3, 0.4) is 0 Å². The molecule has 4 rings (SSSR count). The molecule has 0 bridgehead atoms. The summed E-state index contributed by atoms with van der Waals surface area (Å²) in [5.74, 6) is 1.40. The number of anilines is 1. The van der Waals surface area contributed by atoms with Crippen molar-refractivity contribution < 1.29 is 0 Å². The molecule has 24 heavy (non-hydrogen) atoms. The Hall–Kier alpha value is -2.40. The van der Waals surface area contributed by atoms with E-state index in [9.17, 15) is 0 Å². The topological polar surface area (TPSA) is 42.2 Å². The SMILES string of the molecule is Cc1ccc(-c2cnc3c(NCC(C)C)nc4ccccc4n23)s1. The number of hydrogen-bond donors (Lipinski definition) is 1. The molecule has 3 aromatic heterocycles. The number of aryl methyl sites for hydroxylation is 1. The largest absolute Gasteiger partial charge is 0.367 e. The Bertz CT molecular complexity index is 1010. The molecule has 1 aromatic carbocycles. The van der Waals surface area contributed by atoms with E-state index in [1.807, 2.05) is 18.3 Å². The van der Waals surface area contributed by atoms with Crippen LogP contribution in [0.25, 0.3) is 27.3 Å². The molecule has 1 N–H and O–H groups in total. The molecule has 0 fully saturated rings. The first kappa shape index (κ1) is 15.1. The number of nitrogens with one attached hydrogen (secondary N) is 1. The summed E-state index contributed by atoms with van der Waals surface area (Å²) < 4.78 is 2.22. The number of nitrogens with zero attached hydrogens (tertiary/aromatic N) is 3. The van der Waals surface area contributed by atoms with Gasteiger partial charge in [-0.2, -0.15) is 0 Å². The summed E-state index contributed by atoms with van der Waals surface area (Å²) in [5.41, 5.74) is 4.06. The van der Waals surface area contributed by atoms with Gasteiger partial charge in [0.15, 0.2) is 11.5 Å². The molecule has 0 amide bonds. The van der Waals surface area contributed by atoms with E-state index < -0.39 is 0 Å². The lowest BCUT2D eigenvalue weighted by atomic mass is 10.2. The molecule has 0 unspecified atom stereocenters. The van der Waals surface area contributed by atoms with E-state index in [-0.39, 0.29) is 0 Å². The minimum absolute atomic E-state index is 0.549. The molecule has 0 saturated carbocycles. The summed E-state index contributed by atoms with van der Waals surface area (Å²) in [6, 6.07) is 12.6. The van der Waals surface area contributed by atoms with Crippen LogP contribution in [0.5, 0.6) is 0 Å². The molecular formula is C19H20N4S. The Balaban J connectivity index is 1.99. The Morgan fingerprint density at radius 2 is 2.00 bits per heavy atom. The van der Waals surface area contributed by atoms with E-state index in [4.69, 9.17) is 4.98 Å². The smallest absolute Gasteiger partial charge is 0.181 e. The number of para-hydroxylation sites is 2. The summed E-state index contributed by atoms with van der Waals surface area (Å²) in [6.07, 6.45) is 1.95. The van der Waals surface area contributed by atoms with Gasteiger partial charge in [-0.15, -0.1) is 11.3 Å². The van der Waals surface area contributed by atoms with Crippen molar-refractivity contribution in [2.75, 3.05) is 11.9 Å². The molecule has 0 spiro atoms. The number of fused-ring (bicyclic) bond motifs is 3. The first-order valence-corrected chi connectivity index (χ1v) is 9.02. The minimum atomic E-state index is 0.549. The van der Waals surface area contributed by atoms with Gasteiger partial charge in [-0.3, -0.25) is 4.40 Å². The highest BCUT2D eigenvalue weighted by Gasteiger charge is 2.15. The second kappa shape index (κ2) is 5.91. The molecule has 5 heteroatoms. The molecule has 0 aliphatic rings. The maximum atomic E-state index is 4.80. The van der Waals surface area contributed by atoms with Gasteiger partial charge in [-0.05, 0) is 37.1 Å². The lowest BCUT2D eigenvalue weighted by Gasteiger charge is -2.12. The van der Waals surface area contributed by atoms with E-state index >= 15 is 0 Å². The van der Waals surface area contributed by atoms with Crippen LogP contribution < -0.4 is 5.32 Å². The van der Waals surface area contributed by atoms with Crippen LogP contribution in [0.1, 0.15) is 18.7 Å². The van der Waals surface area contributed by atoms with Crippen molar-refractivity contribution >= 4 is 33.8 Å². The van der Waals surface area contributed by atoms with Gasteiger partial charge in [0, 0.05) is 11.4 Å². The highest BCUT2D eigenvalue weighted by molar-refractivity contribution is 7.15. The molecule has 0 aliphatic heterocycles. The number of hydrogen-bond acceptors (Lipinski definition) is 4. The van der Waals surface area contributed by atoms with Crippen molar-refractivity contribution in [1.82, 2.24) is 14.4 Å². The first-order chi connectivity index (χ1) is 11.6. The summed E-state index contributed by atoms with van der Waals surface area (Å²) in [4.78, 5) is 12.0. The van der Waals surface area contributed by atoms with E-state index in [0.29, 0.717) is 5.92 Å². The summed E-state index contributed by atoms with van der Waals surface area (Å²) in [7, 11) is 0. The van der Waals surface area contributed by atoms with Crippen molar-refractivity contribution in [3.63, 3.8) is 0 Å². The molecule has 0 aliphatic carbocycles. The van der Waals surface area contributed by atoms with Gasteiger partial charge in [0.1, 0.15) is 0 Å². The lowest BCUT2D eigenvalue weighted by Crippen LogP contribution is -2.11. The molecule has 0 saturated heterocycles. The van der Waals surface area contributed by atoms with Crippen LogP contribution in [-0.2, 0) is 0 Å². The normalized spacial score (nSPS) is 11.7. The van der Waals surface area contributed by atoms with Crippen molar-refractivity contribution in [3.8, 4) is 10.6 Å². The van der Waals surface area contributed by atoms with Crippen LogP contribution >= 0.6 is 11.3 Å². The number of benzene rings is 1. The van der Waals surface area contributed by atoms with Gasteiger partial charge in [0.05, 0.1) is 27.8 Å². The summed E-state index contributed by atoms with van der Waals surface area (Å²) in [5, 5.41) is 3.46. The maximum absolute atomic E-state index is 4.80. The number of aromatic nitrogens is 3. The summed E-state index contributed by atoms with van der Waals surface area (Å²) >= 11 is 1.79. The molecule has 4 aromatic rings. The van der Waals surface area contributed by atoms with Crippen LogP contribution in [0, 0.1) is 12.8 Å². The van der Waals surface area contributed by atoms with E-state index in [0.717, 1.165) is 34.7 Å². The zero-order chi connectivity index (χ0) is 16.7. The second-order valence-corrected chi connectivity index (χ2v) is 7.72. The van der Waals surface area contributed by atoms with Gasteiger partial charge < -0.3 is 5.32 Å². The monoisotopic (exact) mass is 336 g/mol. The Morgan fingerprint density at radius 3 is 2.75 bits per heavy atom. The molecule has 4 nitrogen and oxygen atoms in total. The third-order valence-corrected chi connectivity index (χ3v) is 5.02. The third kappa shape index (κ3) is 2.55. The third-order valence-electron chi connectivity index (χ3n) is 4.00. The van der Waals surface area contributed by atoms with E-state index in [2.05, 4.69) is 59.7 Å². The standard InChI is InChI=1S/C19H20N4S/c1-12(2)10-20-18-19-21-11-16(17-9-8-13(3)24-17)23(19)15-7-5-4-6-14(15)22-18/h4-9,11-12H,10H2,1-3H3,(H,20,22).